The number of primary amides is 2. The van der Waals surface area contributed by atoms with Crippen LogP contribution in [0, 0.1) is 0 Å². The van der Waals surface area contributed by atoms with Gasteiger partial charge in [-0.2, -0.15) is 0 Å². The van der Waals surface area contributed by atoms with Crippen molar-refractivity contribution in [3.8, 4) is 5.75 Å². The van der Waals surface area contributed by atoms with Gasteiger partial charge in [0.25, 0.3) is 6.47 Å². The van der Waals surface area contributed by atoms with Gasteiger partial charge in [-0.1, -0.05) is 18.2 Å². The molecule has 1 aromatic carbocycles. The highest BCUT2D eigenvalue weighted by Crippen LogP contribution is 2.02. The van der Waals surface area contributed by atoms with E-state index in [1.807, 2.05) is 12.9 Å². The van der Waals surface area contributed by atoms with Gasteiger partial charge in [-0.25, -0.2) is 4.79 Å². The molecule has 0 saturated carbocycles. The third-order valence-electron chi connectivity index (χ3n) is 0.852. The van der Waals surface area contributed by atoms with E-state index in [0.29, 0.717) is 12.2 Å². The van der Waals surface area contributed by atoms with E-state index < -0.39 is 6.03 Å². The summed E-state index contributed by atoms with van der Waals surface area (Å²) < 4.78 is 3.86. The molecule has 1 rings (SSSR count). The summed E-state index contributed by atoms with van der Waals surface area (Å²) in [6.45, 7) is 2.38. The second kappa shape index (κ2) is 19.1. The van der Waals surface area contributed by atoms with Crippen LogP contribution >= 0.6 is 0 Å². The summed E-state index contributed by atoms with van der Waals surface area (Å²) in [6, 6.07) is 7.88. The minimum atomic E-state index is -0.833. The highest BCUT2D eigenvalue weighted by molar-refractivity contribution is 5.69. The number of para-hydroxylation sites is 1. The average Bonchev–Trinajstić information content (AvgIpc) is 2.32. The predicted molar refractivity (Wildman–Crippen MR) is 62.1 cm³/mol. The van der Waals surface area contributed by atoms with Crippen molar-refractivity contribution < 1.29 is 24.2 Å². The second-order valence-electron chi connectivity index (χ2n) is 2.07. The Morgan fingerprint density at radius 2 is 1.59 bits per heavy atom. The Morgan fingerprint density at radius 3 is 1.71 bits per heavy atom. The lowest BCUT2D eigenvalue weighted by molar-refractivity contribution is -0.126. The Hall–Kier alpha value is -2.57. The smallest absolute Gasteiger partial charge is 0.309 e. The van der Waals surface area contributed by atoms with Gasteiger partial charge >= 0.3 is 6.03 Å². The standard InChI is InChI=1S/C6H6O.C2H4O2.CH4N2O.CH2O/c7-6-4-2-1-3-5-6;1-4-2-3;2-1(3)4;1-2/h1-5,7H;2H,1H3;(H4,2,3,4);1H2. The van der Waals surface area contributed by atoms with Crippen molar-refractivity contribution in [1.29, 1.82) is 0 Å². The largest absolute Gasteiger partial charge is 0.508 e. The third kappa shape index (κ3) is 42.4. The van der Waals surface area contributed by atoms with Crippen LogP contribution in [-0.2, 0) is 14.3 Å². The van der Waals surface area contributed by atoms with Crippen LogP contribution < -0.4 is 11.5 Å². The van der Waals surface area contributed by atoms with Crippen LogP contribution in [0.2, 0.25) is 0 Å². The van der Waals surface area contributed by atoms with Crippen LogP contribution in [0.5, 0.6) is 5.75 Å². The highest BCUT2D eigenvalue weighted by Gasteiger charge is 1.74. The van der Waals surface area contributed by atoms with E-state index in [2.05, 4.69) is 16.2 Å². The van der Waals surface area contributed by atoms with Crippen LogP contribution in [0.25, 0.3) is 0 Å². The first-order valence-corrected chi connectivity index (χ1v) is 4.08. The summed E-state index contributed by atoms with van der Waals surface area (Å²) in [6.07, 6.45) is 0. The quantitative estimate of drug-likeness (QED) is 0.599. The number of rotatable bonds is 1. The number of nitrogens with two attached hydrogens (primary N) is 2. The molecule has 0 fully saturated rings. The van der Waals surface area contributed by atoms with Crippen LogP contribution in [0.1, 0.15) is 0 Å². The molecular weight excluding hydrogens is 228 g/mol. The molecule has 1 aromatic rings. The fourth-order valence-corrected chi connectivity index (χ4v) is 0.428. The van der Waals surface area contributed by atoms with E-state index >= 15 is 0 Å². The summed E-state index contributed by atoms with van der Waals surface area (Å²) in [5, 5.41) is 8.63. The molecule has 17 heavy (non-hydrogen) atoms. The van der Waals surface area contributed by atoms with Crippen LogP contribution in [-0.4, -0.2) is 31.5 Å². The minimum Gasteiger partial charge on any atom is -0.508 e. The molecule has 7 nitrogen and oxygen atoms in total. The average molecular weight is 244 g/mol. The number of hydrogen-bond donors (Lipinski definition) is 3. The van der Waals surface area contributed by atoms with Crippen molar-refractivity contribution in [3.05, 3.63) is 30.3 Å². The number of urea groups is 1. The first kappa shape index (κ1) is 19.9. The van der Waals surface area contributed by atoms with Gasteiger partial charge in [-0.15, -0.1) is 0 Å². The zero-order valence-corrected chi connectivity index (χ0v) is 9.41. The molecule has 96 valence electrons. The minimum absolute atomic E-state index is 0.322. The molecule has 5 N–H and O–H groups in total. The molecule has 2 amide bonds. The van der Waals surface area contributed by atoms with Gasteiger partial charge in [0.2, 0.25) is 0 Å². The molecule has 0 spiro atoms. The Labute approximate surface area is 99.0 Å². The maximum Gasteiger partial charge on any atom is 0.309 e. The van der Waals surface area contributed by atoms with Crippen molar-refractivity contribution in [2.24, 2.45) is 11.5 Å². The van der Waals surface area contributed by atoms with E-state index in [4.69, 9.17) is 19.5 Å². The summed E-state index contributed by atoms with van der Waals surface area (Å²) >= 11 is 0. The second-order valence-corrected chi connectivity index (χ2v) is 2.07. The number of methoxy groups -OCH3 is 1. The zero-order valence-electron chi connectivity index (χ0n) is 9.41. The highest BCUT2D eigenvalue weighted by atomic mass is 16.5. The van der Waals surface area contributed by atoms with Crippen molar-refractivity contribution in [2.75, 3.05) is 7.11 Å². The Kier molecular flexibility index (Phi) is 22.4. The predicted octanol–water partition coefficient (Wildman–Crippen LogP) is 0.0203. The first-order valence-electron chi connectivity index (χ1n) is 4.08. The Bertz CT molecular complexity index is 275. The number of aromatic hydroxyl groups is 1. The Balaban J connectivity index is -0.000000172. The molecule has 0 bridgehead atoms. The summed E-state index contributed by atoms with van der Waals surface area (Å²) in [4.78, 5) is 26.0. The lowest BCUT2D eigenvalue weighted by Crippen LogP contribution is -2.18. The van der Waals surface area contributed by atoms with Crippen LogP contribution in [0.3, 0.4) is 0 Å². The van der Waals surface area contributed by atoms with Crippen molar-refractivity contribution in [2.45, 2.75) is 0 Å². The molecule has 0 heterocycles. The molecule has 0 saturated heterocycles. The van der Waals surface area contributed by atoms with Gasteiger partial charge in [0.15, 0.2) is 0 Å². The molecule has 0 aromatic heterocycles. The number of phenolic OH excluding ortho intramolecular Hbond substituents is 1. The maximum atomic E-state index is 9.00. The van der Waals surface area contributed by atoms with Gasteiger partial charge in [0, 0.05) is 0 Å². The fraction of sp³-hybridized carbons (Fsp3) is 0.100. The van der Waals surface area contributed by atoms with Gasteiger partial charge in [-0.05, 0) is 12.1 Å². The van der Waals surface area contributed by atoms with Crippen molar-refractivity contribution in [1.82, 2.24) is 0 Å². The van der Waals surface area contributed by atoms with Gasteiger partial charge < -0.3 is 26.1 Å². The van der Waals surface area contributed by atoms with E-state index in [1.165, 1.54) is 7.11 Å². The molecule has 0 aliphatic rings. The van der Waals surface area contributed by atoms with Crippen LogP contribution in [0.4, 0.5) is 4.79 Å². The van der Waals surface area contributed by atoms with Crippen LogP contribution in [0.15, 0.2) is 30.3 Å². The maximum absolute atomic E-state index is 9.00. The normalized spacial score (nSPS) is 6.41. The number of carbonyl (C=O) groups excluding carboxylic acids is 3. The number of ether oxygens (including phenoxy) is 1. The lowest BCUT2D eigenvalue weighted by atomic mass is 10.3. The number of hydrogen-bond acceptors (Lipinski definition) is 5. The molecular formula is C10H16N2O5. The van der Waals surface area contributed by atoms with Crippen molar-refractivity contribution >= 4 is 19.3 Å². The molecule has 0 aliphatic carbocycles. The lowest BCUT2D eigenvalue weighted by Gasteiger charge is -1.82. The molecule has 7 heteroatoms. The number of benzene rings is 1. The van der Waals surface area contributed by atoms with Crippen molar-refractivity contribution in [3.63, 3.8) is 0 Å². The molecule has 0 unspecified atom stereocenters. The molecule has 0 aliphatic heterocycles. The molecule has 0 radical (unpaired) electrons. The summed E-state index contributed by atoms with van der Waals surface area (Å²) in [5.74, 6) is 0.322. The fourth-order valence-electron chi connectivity index (χ4n) is 0.428. The number of amides is 2. The SMILES string of the molecule is C=O.COC=O.NC(N)=O.Oc1ccccc1. The zero-order chi connectivity index (χ0) is 14.1. The van der Waals surface area contributed by atoms with E-state index in [9.17, 15) is 0 Å². The van der Waals surface area contributed by atoms with E-state index in [0.717, 1.165) is 0 Å². The van der Waals surface area contributed by atoms with E-state index in [-0.39, 0.29) is 0 Å². The Morgan fingerprint density at radius 1 is 1.29 bits per heavy atom. The summed E-state index contributed by atoms with van der Waals surface area (Å²) in [7, 11) is 1.31. The summed E-state index contributed by atoms with van der Waals surface area (Å²) in [5.41, 5.74) is 8.50. The van der Waals surface area contributed by atoms with E-state index in [1.54, 1.807) is 24.3 Å². The number of phenols is 1. The van der Waals surface area contributed by atoms with Gasteiger partial charge in [-0.3, -0.25) is 4.79 Å². The monoisotopic (exact) mass is 244 g/mol. The third-order valence-corrected chi connectivity index (χ3v) is 0.852. The van der Waals surface area contributed by atoms with Gasteiger partial charge in [0.1, 0.15) is 12.5 Å². The first-order chi connectivity index (χ1) is 8.04. The number of carbonyl (C=O) groups is 3. The van der Waals surface area contributed by atoms with Gasteiger partial charge in [0.05, 0.1) is 7.11 Å². The topological polar surface area (TPSA) is 133 Å². The molecule has 0 atom stereocenters.